The Labute approximate surface area is 53.4 Å². The molecule has 0 spiro atoms. The van der Waals surface area contributed by atoms with Crippen molar-refractivity contribution >= 4 is 17.8 Å². The Kier molecular flexibility index (Phi) is 1.49. The van der Waals surface area contributed by atoms with Crippen molar-refractivity contribution in [1.29, 1.82) is 0 Å². The van der Waals surface area contributed by atoms with Crippen molar-refractivity contribution in [2.45, 2.75) is 6.42 Å². The zero-order valence-electron chi connectivity index (χ0n) is 4.39. The van der Waals surface area contributed by atoms with E-state index in [1.165, 1.54) is 0 Å². The van der Waals surface area contributed by atoms with E-state index in [1.54, 1.807) is 6.21 Å². The lowest BCUT2D eigenvalue weighted by Gasteiger charge is -1.98. The first-order valence-corrected chi connectivity index (χ1v) is 2.74. The van der Waals surface area contributed by atoms with E-state index in [2.05, 4.69) is 11.6 Å². The van der Waals surface area contributed by atoms with Gasteiger partial charge in [-0.05, 0) is 18.1 Å². The van der Waals surface area contributed by atoms with Gasteiger partial charge in [-0.15, -0.1) is 0 Å². The van der Waals surface area contributed by atoms with Crippen molar-refractivity contribution < 1.29 is 0 Å². The lowest BCUT2D eigenvalue weighted by molar-refractivity contribution is 1.26. The fourth-order valence-corrected chi connectivity index (χ4v) is 0.600. The van der Waals surface area contributed by atoms with Gasteiger partial charge in [0.15, 0.2) is 0 Å². The molecule has 8 heavy (non-hydrogen) atoms. The van der Waals surface area contributed by atoms with Crippen LogP contribution in [0.3, 0.4) is 0 Å². The minimum atomic E-state index is 0.567. The van der Waals surface area contributed by atoms with E-state index in [-0.39, 0.29) is 0 Å². The summed E-state index contributed by atoms with van der Waals surface area (Å²) in [5, 5.41) is 0.567. The predicted molar refractivity (Wildman–Crippen MR) is 36.2 cm³/mol. The number of aliphatic imine (C=N–C) groups is 1. The molecular formula is C6H6ClN. The first-order valence-electron chi connectivity index (χ1n) is 2.36. The minimum absolute atomic E-state index is 0.567. The van der Waals surface area contributed by atoms with Crippen LogP contribution in [0.1, 0.15) is 6.42 Å². The standard InChI is InChI=1S/C6H6ClN/c1-5-2-3-6(7)8-4-5/h3-4H,1-2H2. The molecule has 0 aromatic rings. The summed E-state index contributed by atoms with van der Waals surface area (Å²) in [6.07, 6.45) is 4.36. The summed E-state index contributed by atoms with van der Waals surface area (Å²) in [7, 11) is 0. The molecule has 1 heterocycles. The molecule has 0 amide bonds. The van der Waals surface area contributed by atoms with Crippen LogP contribution in [-0.2, 0) is 0 Å². The van der Waals surface area contributed by atoms with Crippen LogP contribution in [0.15, 0.2) is 28.4 Å². The average molecular weight is 128 g/mol. The van der Waals surface area contributed by atoms with Gasteiger partial charge in [0.25, 0.3) is 0 Å². The van der Waals surface area contributed by atoms with Crippen molar-refractivity contribution in [2.75, 3.05) is 0 Å². The fourth-order valence-electron chi connectivity index (χ4n) is 0.474. The van der Waals surface area contributed by atoms with Crippen molar-refractivity contribution in [2.24, 2.45) is 4.99 Å². The van der Waals surface area contributed by atoms with Gasteiger partial charge in [-0.2, -0.15) is 0 Å². The quantitative estimate of drug-likeness (QED) is 0.442. The maximum atomic E-state index is 5.50. The highest BCUT2D eigenvalue weighted by molar-refractivity contribution is 6.30. The van der Waals surface area contributed by atoms with E-state index in [0.29, 0.717) is 5.16 Å². The summed E-state index contributed by atoms with van der Waals surface area (Å²) in [4.78, 5) is 3.81. The highest BCUT2D eigenvalue weighted by Crippen LogP contribution is 2.12. The SMILES string of the molecule is C=C1C=NC(Cl)=CC1. The largest absolute Gasteiger partial charge is 0.245 e. The summed E-state index contributed by atoms with van der Waals surface area (Å²) in [6, 6.07) is 0. The van der Waals surface area contributed by atoms with Crippen molar-refractivity contribution in [1.82, 2.24) is 0 Å². The highest BCUT2D eigenvalue weighted by Gasteiger charge is 1.94. The molecule has 0 fully saturated rings. The van der Waals surface area contributed by atoms with E-state index in [4.69, 9.17) is 11.6 Å². The molecule has 0 aromatic heterocycles. The number of hydrogen-bond donors (Lipinski definition) is 0. The number of nitrogens with zero attached hydrogens (tertiary/aromatic N) is 1. The Morgan fingerprint density at radius 2 is 2.50 bits per heavy atom. The fraction of sp³-hybridized carbons (Fsp3) is 0.167. The lowest BCUT2D eigenvalue weighted by Crippen LogP contribution is -1.85. The van der Waals surface area contributed by atoms with Crippen LogP contribution in [0, 0.1) is 0 Å². The van der Waals surface area contributed by atoms with Gasteiger partial charge in [0.05, 0.1) is 0 Å². The third kappa shape index (κ3) is 1.20. The Hall–Kier alpha value is -0.560. The molecule has 1 nitrogen and oxygen atoms in total. The van der Waals surface area contributed by atoms with Crippen molar-refractivity contribution in [3.05, 3.63) is 23.4 Å². The van der Waals surface area contributed by atoms with E-state index < -0.39 is 0 Å². The maximum absolute atomic E-state index is 5.50. The van der Waals surface area contributed by atoms with Gasteiger partial charge in [0.1, 0.15) is 5.16 Å². The summed E-state index contributed by atoms with van der Waals surface area (Å²) in [5.74, 6) is 0. The molecule has 1 aliphatic rings. The van der Waals surface area contributed by atoms with Crippen LogP contribution < -0.4 is 0 Å². The van der Waals surface area contributed by atoms with Crippen LogP contribution in [0.4, 0.5) is 0 Å². The summed E-state index contributed by atoms with van der Waals surface area (Å²) in [5.41, 5.74) is 1.01. The molecule has 2 heteroatoms. The van der Waals surface area contributed by atoms with Crippen molar-refractivity contribution in [3.8, 4) is 0 Å². The van der Waals surface area contributed by atoms with Crippen LogP contribution >= 0.6 is 11.6 Å². The third-order valence-corrected chi connectivity index (χ3v) is 1.16. The monoisotopic (exact) mass is 127 g/mol. The molecule has 1 rings (SSSR count). The molecule has 0 radical (unpaired) electrons. The van der Waals surface area contributed by atoms with E-state index in [0.717, 1.165) is 12.0 Å². The average Bonchev–Trinajstić information content (AvgIpc) is 1.77. The van der Waals surface area contributed by atoms with E-state index in [9.17, 15) is 0 Å². The van der Waals surface area contributed by atoms with Crippen LogP contribution in [0.25, 0.3) is 0 Å². The molecular weight excluding hydrogens is 122 g/mol. The number of rotatable bonds is 0. The normalized spacial score (nSPS) is 18.6. The zero-order chi connectivity index (χ0) is 5.98. The van der Waals surface area contributed by atoms with Gasteiger partial charge in [-0.25, -0.2) is 4.99 Å². The molecule has 0 saturated carbocycles. The minimum Gasteiger partial charge on any atom is -0.245 e. The summed E-state index contributed by atoms with van der Waals surface area (Å²) in [6.45, 7) is 3.70. The van der Waals surface area contributed by atoms with Gasteiger partial charge < -0.3 is 0 Å². The Morgan fingerprint density at radius 1 is 1.75 bits per heavy atom. The second kappa shape index (κ2) is 2.14. The molecule has 0 aliphatic carbocycles. The third-order valence-electron chi connectivity index (χ3n) is 0.903. The molecule has 0 saturated heterocycles. The first-order chi connectivity index (χ1) is 3.79. The van der Waals surface area contributed by atoms with Crippen LogP contribution in [0.2, 0.25) is 0 Å². The highest BCUT2D eigenvalue weighted by atomic mass is 35.5. The zero-order valence-corrected chi connectivity index (χ0v) is 5.15. The number of hydrogen-bond acceptors (Lipinski definition) is 1. The summed E-state index contributed by atoms with van der Waals surface area (Å²) < 4.78 is 0. The van der Waals surface area contributed by atoms with Gasteiger partial charge in [0.2, 0.25) is 0 Å². The second-order valence-corrected chi connectivity index (χ2v) is 2.03. The number of halogens is 1. The van der Waals surface area contributed by atoms with E-state index >= 15 is 0 Å². The Balaban J connectivity index is 2.71. The van der Waals surface area contributed by atoms with Crippen molar-refractivity contribution in [3.63, 3.8) is 0 Å². The summed E-state index contributed by atoms with van der Waals surface area (Å²) >= 11 is 5.50. The van der Waals surface area contributed by atoms with E-state index in [1.807, 2.05) is 6.08 Å². The molecule has 0 unspecified atom stereocenters. The lowest BCUT2D eigenvalue weighted by atomic mass is 10.2. The number of allylic oxidation sites excluding steroid dienone is 2. The smallest absolute Gasteiger partial charge is 0.125 e. The van der Waals surface area contributed by atoms with Gasteiger partial charge in [-0.1, -0.05) is 18.2 Å². The first kappa shape index (κ1) is 5.57. The van der Waals surface area contributed by atoms with Gasteiger partial charge in [0, 0.05) is 6.21 Å². The maximum Gasteiger partial charge on any atom is 0.125 e. The Bertz CT molecular complexity index is 165. The molecule has 0 aromatic carbocycles. The topological polar surface area (TPSA) is 12.4 Å². The molecule has 1 aliphatic heterocycles. The molecule has 0 N–H and O–H groups in total. The molecule has 0 atom stereocenters. The predicted octanol–water partition coefficient (Wildman–Crippen LogP) is 2.10. The second-order valence-electron chi connectivity index (χ2n) is 1.65. The van der Waals surface area contributed by atoms with Crippen LogP contribution in [-0.4, -0.2) is 6.21 Å². The molecule has 42 valence electrons. The van der Waals surface area contributed by atoms with Crippen LogP contribution in [0.5, 0.6) is 0 Å². The van der Waals surface area contributed by atoms with Gasteiger partial charge in [-0.3, -0.25) is 0 Å². The van der Waals surface area contributed by atoms with Gasteiger partial charge >= 0.3 is 0 Å². The molecule has 0 bridgehead atoms. The Morgan fingerprint density at radius 3 is 2.88 bits per heavy atom.